The molecule has 0 radical (unpaired) electrons. The molecule has 0 spiro atoms. The molecule has 2 saturated carbocycles. The fourth-order valence-corrected chi connectivity index (χ4v) is 17.9. The van der Waals surface area contributed by atoms with E-state index >= 15 is 0 Å². The average Bonchev–Trinajstić information content (AvgIpc) is 3.70. The van der Waals surface area contributed by atoms with Gasteiger partial charge >= 0.3 is 37.9 Å². The molecule has 4 aliphatic rings. The second kappa shape index (κ2) is 18.7. The predicted molar refractivity (Wildman–Crippen MR) is 250 cm³/mol. The molecule has 8 atom stereocenters. The standard InChI is InChI=1S/C50H64Si.2CH3.2ClH.Zr/c1-32(2)44-31-46-39(35-28-36(49(4,5)6)30-37(29-35)50(7,8)9)23-17-26-43(46)48(44)51(10,11)47-33(3)27-45-41(24-18-25-42(45)47)40-22-16-15-21-38(40)34-19-13-12-14-20-34;;;;;/h12-26,28-30,32-33,42-48H,27,31H2,1-11H3;2*1H3;2*1H;/q;2*-1;;;+4/p-2. The Morgan fingerprint density at radius 1 is 0.643 bits per heavy atom. The molecule has 0 saturated heterocycles. The number of hydrogen-bond donors (Lipinski definition) is 0. The van der Waals surface area contributed by atoms with E-state index in [9.17, 15) is 0 Å². The summed E-state index contributed by atoms with van der Waals surface area (Å²) in [5, 5.41) is 0. The number of halogens is 2. The van der Waals surface area contributed by atoms with Crippen LogP contribution in [0.4, 0.5) is 0 Å². The molecule has 7 rings (SSSR count). The first kappa shape index (κ1) is 47.0. The molecule has 0 bridgehead atoms. The van der Waals surface area contributed by atoms with Crippen molar-refractivity contribution in [3.8, 4) is 11.1 Å². The maximum absolute atomic E-state index is 4.93. The van der Waals surface area contributed by atoms with Crippen LogP contribution in [0.15, 0.2) is 109 Å². The minimum atomic E-state index is -1.82. The van der Waals surface area contributed by atoms with Crippen LogP contribution in [0.25, 0.3) is 22.3 Å². The van der Waals surface area contributed by atoms with Crippen LogP contribution < -0.4 is 0 Å². The van der Waals surface area contributed by atoms with E-state index in [4.69, 9.17) is 17.0 Å². The molecule has 4 heteroatoms. The van der Waals surface area contributed by atoms with Gasteiger partial charge in [-0.15, -0.1) is 0 Å². The summed E-state index contributed by atoms with van der Waals surface area (Å²) in [5.41, 5.74) is 13.5. The molecule has 3 aromatic rings. The maximum atomic E-state index is 4.93. The van der Waals surface area contributed by atoms with Gasteiger partial charge in [-0.25, -0.2) is 0 Å². The topological polar surface area (TPSA) is 0 Å². The molecule has 2 fully saturated rings. The van der Waals surface area contributed by atoms with Crippen molar-refractivity contribution in [3.05, 3.63) is 146 Å². The summed E-state index contributed by atoms with van der Waals surface area (Å²) in [6.45, 7) is 27.6. The van der Waals surface area contributed by atoms with Crippen molar-refractivity contribution in [1.82, 2.24) is 0 Å². The average molecular weight is 885 g/mol. The van der Waals surface area contributed by atoms with E-state index in [1.807, 2.05) is 0 Å². The van der Waals surface area contributed by atoms with Gasteiger partial charge in [0.2, 0.25) is 0 Å². The second-order valence-electron chi connectivity index (χ2n) is 19.9. The van der Waals surface area contributed by atoms with Crippen molar-refractivity contribution < 1.29 is 20.8 Å². The molecule has 56 heavy (non-hydrogen) atoms. The van der Waals surface area contributed by atoms with Crippen LogP contribution >= 0.6 is 17.0 Å². The van der Waals surface area contributed by atoms with Crippen LogP contribution in [0.2, 0.25) is 24.2 Å². The van der Waals surface area contributed by atoms with Crippen LogP contribution in [0.1, 0.15) is 97.4 Å². The molecule has 0 nitrogen and oxygen atoms in total. The van der Waals surface area contributed by atoms with E-state index < -0.39 is 28.9 Å². The van der Waals surface area contributed by atoms with E-state index in [0.29, 0.717) is 29.6 Å². The number of benzene rings is 3. The second-order valence-corrected chi connectivity index (χ2v) is 28.6. The van der Waals surface area contributed by atoms with Gasteiger partial charge in [-0.05, 0) is 121 Å². The van der Waals surface area contributed by atoms with Crippen molar-refractivity contribution in [2.45, 2.75) is 110 Å². The fourth-order valence-electron chi connectivity index (χ4n) is 11.5. The Bertz CT molecular complexity index is 1870. The zero-order valence-corrected chi connectivity index (χ0v) is 41.7. The van der Waals surface area contributed by atoms with Gasteiger partial charge in [0.05, 0.1) is 8.07 Å². The number of hydrogen-bond acceptors (Lipinski definition) is 0. The Kier molecular flexibility index (Phi) is 15.7. The summed E-state index contributed by atoms with van der Waals surface area (Å²) < 4.78 is 0. The van der Waals surface area contributed by atoms with Gasteiger partial charge < -0.3 is 14.9 Å². The zero-order chi connectivity index (χ0) is 39.2. The summed E-state index contributed by atoms with van der Waals surface area (Å²) in [6, 6.07) is 27.8. The predicted octanol–water partition coefficient (Wildman–Crippen LogP) is 16.5. The SMILES string of the molecule is CC(C)C1CC2C(c3cc(C(C)(C)C)cc(C(C)(C)C)c3)=CC=CC2C1[Si](C)(C)C1C(C)CC2C(c3ccccc3-c3ccccc3)=CC=CC21.[CH3-].[CH3-].[Cl][Zr+2][Cl]. The third kappa shape index (κ3) is 9.35. The fraction of sp³-hybridized carbons (Fsp3) is 0.462. The van der Waals surface area contributed by atoms with Gasteiger partial charge in [0, 0.05) is 0 Å². The van der Waals surface area contributed by atoms with Crippen molar-refractivity contribution in [1.29, 1.82) is 0 Å². The minimum absolute atomic E-state index is 0. The Labute approximate surface area is 363 Å². The molecule has 0 aromatic heterocycles. The third-order valence-corrected chi connectivity index (χ3v) is 19.1. The zero-order valence-electron chi connectivity index (χ0n) is 36.8. The third-order valence-electron chi connectivity index (χ3n) is 13.9. The molecule has 300 valence electrons. The van der Waals surface area contributed by atoms with Crippen molar-refractivity contribution >= 4 is 36.2 Å². The number of allylic oxidation sites excluding steroid dienone is 8. The van der Waals surface area contributed by atoms with Gasteiger partial charge in [0.1, 0.15) is 0 Å². The molecule has 0 aliphatic heterocycles. The van der Waals surface area contributed by atoms with Crippen LogP contribution in [-0.4, -0.2) is 8.07 Å². The van der Waals surface area contributed by atoms with Crippen LogP contribution in [-0.2, 0) is 31.7 Å². The first-order valence-electron chi connectivity index (χ1n) is 20.5. The monoisotopic (exact) mass is 882 g/mol. The first-order chi connectivity index (χ1) is 25.5. The Morgan fingerprint density at radius 2 is 1.12 bits per heavy atom. The summed E-state index contributed by atoms with van der Waals surface area (Å²) in [5.74, 6) is 4.62. The molecule has 3 aromatic carbocycles. The van der Waals surface area contributed by atoms with Gasteiger partial charge in [0.25, 0.3) is 0 Å². The quantitative estimate of drug-likeness (QED) is 0.171. The first-order valence-corrected chi connectivity index (χ1v) is 30.0. The van der Waals surface area contributed by atoms with Crippen LogP contribution in [0.3, 0.4) is 0 Å². The van der Waals surface area contributed by atoms with E-state index in [1.165, 1.54) is 46.2 Å². The van der Waals surface area contributed by atoms with Crippen molar-refractivity contribution in [2.75, 3.05) is 0 Å². The van der Waals surface area contributed by atoms with E-state index in [1.54, 1.807) is 11.1 Å². The van der Waals surface area contributed by atoms with Gasteiger partial charge in [-0.1, -0.05) is 185 Å². The van der Waals surface area contributed by atoms with Gasteiger partial charge in [0.15, 0.2) is 0 Å². The molecule has 0 N–H and O–H groups in total. The number of rotatable bonds is 6. The molecular formula is C52H70Cl2SiZr. The Balaban J connectivity index is 0.00000135. The number of fused-ring (bicyclic) bond motifs is 2. The van der Waals surface area contributed by atoms with Gasteiger partial charge in [-0.2, -0.15) is 0 Å². The van der Waals surface area contributed by atoms with Gasteiger partial charge in [-0.3, -0.25) is 0 Å². The summed E-state index contributed by atoms with van der Waals surface area (Å²) >= 11 is -0.826. The molecule has 0 amide bonds. The molecule has 8 unspecified atom stereocenters. The van der Waals surface area contributed by atoms with Crippen LogP contribution in [0.5, 0.6) is 0 Å². The van der Waals surface area contributed by atoms with E-state index in [-0.39, 0.29) is 25.7 Å². The van der Waals surface area contributed by atoms with E-state index in [2.05, 4.69) is 185 Å². The summed E-state index contributed by atoms with van der Waals surface area (Å²) in [6.07, 6.45) is 17.8. The van der Waals surface area contributed by atoms with Crippen molar-refractivity contribution in [2.24, 2.45) is 41.4 Å². The van der Waals surface area contributed by atoms with Crippen LogP contribution in [0, 0.1) is 56.3 Å². The molecular weight excluding hydrogens is 815 g/mol. The summed E-state index contributed by atoms with van der Waals surface area (Å²) in [4.78, 5) is 0. The Hall–Kier alpha value is -1.70. The van der Waals surface area contributed by atoms with Crippen molar-refractivity contribution in [3.63, 3.8) is 0 Å². The molecule has 0 heterocycles. The Morgan fingerprint density at radius 3 is 1.66 bits per heavy atom. The van der Waals surface area contributed by atoms with E-state index in [0.717, 1.165) is 22.9 Å². The summed E-state index contributed by atoms with van der Waals surface area (Å²) in [7, 11) is 8.05. The normalized spacial score (nSPS) is 26.8. The molecule has 4 aliphatic carbocycles.